The van der Waals surface area contributed by atoms with Crippen molar-refractivity contribution in [2.24, 2.45) is 0 Å². The van der Waals surface area contributed by atoms with E-state index in [1.165, 1.54) is 0 Å². The Kier molecular flexibility index (Phi) is 7.51. The quantitative estimate of drug-likeness (QED) is 0.738. The third kappa shape index (κ3) is 9.75. The van der Waals surface area contributed by atoms with Crippen molar-refractivity contribution in [2.45, 2.75) is 45.3 Å². The van der Waals surface area contributed by atoms with Gasteiger partial charge in [-0.3, -0.25) is 4.18 Å². The minimum atomic E-state index is -3.52. The van der Waals surface area contributed by atoms with E-state index in [0.29, 0.717) is 17.9 Å². The second kappa shape index (κ2) is 8.69. The molecule has 0 spiro atoms. The summed E-state index contributed by atoms with van der Waals surface area (Å²) in [6.07, 6.45) is 1.27. The van der Waals surface area contributed by atoms with E-state index in [1.54, 1.807) is 32.9 Å². The molecule has 1 aromatic rings. The normalized spacial score (nSPS) is 13.4. The van der Waals surface area contributed by atoms with Gasteiger partial charge in [0.2, 0.25) is 0 Å². The first-order valence-corrected chi connectivity index (χ1v) is 9.72. The van der Waals surface area contributed by atoms with E-state index in [0.717, 1.165) is 11.8 Å². The Morgan fingerprint density at radius 3 is 2.33 bits per heavy atom. The Balaban J connectivity index is 2.70. The van der Waals surface area contributed by atoms with Gasteiger partial charge in [-0.05, 0) is 51.3 Å². The monoisotopic (exact) mass is 377 g/mol. The van der Waals surface area contributed by atoms with Gasteiger partial charge in [0.15, 0.2) is 0 Å². The average Bonchev–Trinajstić information content (AvgIpc) is 2.37. The topological polar surface area (TPSA) is 81.7 Å². The van der Waals surface area contributed by atoms with Gasteiger partial charge in [0.05, 0.1) is 12.9 Å². The lowest BCUT2D eigenvalue weighted by atomic mass is 10.0. The summed E-state index contributed by atoms with van der Waals surface area (Å²) in [6.45, 7) is 5.29. The van der Waals surface area contributed by atoms with Crippen molar-refractivity contribution in [3.63, 3.8) is 0 Å². The molecule has 0 aromatic heterocycles. The summed E-state index contributed by atoms with van der Waals surface area (Å²) < 4.78 is 32.1. The van der Waals surface area contributed by atoms with Gasteiger partial charge in [0, 0.05) is 11.1 Å². The van der Waals surface area contributed by atoms with Crippen LogP contribution in [0.15, 0.2) is 24.3 Å². The summed E-state index contributed by atoms with van der Waals surface area (Å²) in [5.74, 6) is 0. The molecule has 6 nitrogen and oxygen atoms in total. The van der Waals surface area contributed by atoms with Gasteiger partial charge in [-0.1, -0.05) is 23.7 Å². The standard InChI is InChI=1S/C16H24ClNO5S/c1-16(2,3)23-15(19)18-14(9-10-22-24(4,20)21)11-12-5-7-13(17)8-6-12/h5-8,14H,9-11H2,1-4H3,(H,18,19). The molecule has 1 N–H and O–H groups in total. The van der Waals surface area contributed by atoms with E-state index in [9.17, 15) is 13.2 Å². The van der Waals surface area contributed by atoms with Crippen LogP contribution in [0.25, 0.3) is 0 Å². The van der Waals surface area contributed by atoms with E-state index >= 15 is 0 Å². The van der Waals surface area contributed by atoms with Crippen LogP contribution < -0.4 is 5.32 Å². The third-order valence-corrected chi connectivity index (χ3v) is 3.73. The maximum atomic E-state index is 12.0. The summed E-state index contributed by atoms with van der Waals surface area (Å²) >= 11 is 5.86. The molecule has 1 atom stereocenters. The highest BCUT2D eigenvalue weighted by atomic mass is 35.5. The fraction of sp³-hybridized carbons (Fsp3) is 0.562. The summed E-state index contributed by atoms with van der Waals surface area (Å²) in [5.41, 5.74) is 0.345. The molecule has 0 aliphatic carbocycles. The van der Waals surface area contributed by atoms with Crippen molar-refractivity contribution in [2.75, 3.05) is 12.9 Å². The van der Waals surface area contributed by atoms with Gasteiger partial charge in [-0.2, -0.15) is 8.42 Å². The Bertz CT molecular complexity index is 637. The molecule has 1 amide bonds. The van der Waals surface area contributed by atoms with Gasteiger partial charge in [-0.25, -0.2) is 4.79 Å². The third-order valence-electron chi connectivity index (χ3n) is 2.88. The molecule has 136 valence electrons. The Morgan fingerprint density at radius 1 is 1.25 bits per heavy atom. The Hall–Kier alpha value is -1.31. The predicted octanol–water partition coefficient (Wildman–Crippen LogP) is 3.14. The van der Waals surface area contributed by atoms with Crippen molar-refractivity contribution in [3.05, 3.63) is 34.9 Å². The number of hydrogen-bond acceptors (Lipinski definition) is 5. The number of hydrogen-bond donors (Lipinski definition) is 1. The highest BCUT2D eigenvalue weighted by Gasteiger charge is 2.20. The van der Waals surface area contributed by atoms with Crippen LogP contribution in [-0.4, -0.2) is 39.0 Å². The molecular formula is C16H24ClNO5S. The maximum Gasteiger partial charge on any atom is 0.407 e. The van der Waals surface area contributed by atoms with E-state index in [2.05, 4.69) is 5.32 Å². The molecule has 0 saturated heterocycles. The number of halogens is 1. The number of benzene rings is 1. The SMILES string of the molecule is CC(C)(C)OC(=O)NC(CCOS(C)(=O)=O)Cc1ccc(Cl)cc1. The van der Waals surface area contributed by atoms with Crippen molar-refractivity contribution < 1.29 is 22.1 Å². The fourth-order valence-corrected chi connectivity index (χ4v) is 2.47. The average molecular weight is 378 g/mol. The minimum Gasteiger partial charge on any atom is -0.444 e. The van der Waals surface area contributed by atoms with Crippen LogP contribution in [0.4, 0.5) is 4.79 Å². The molecule has 0 aliphatic heterocycles. The lowest BCUT2D eigenvalue weighted by Crippen LogP contribution is -2.41. The van der Waals surface area contributed by atoms with Gasteiger partial charge >= 0.3 is 6.09 Å². The second-order valence-electron chi connectivity index (χ2n) is 6.49. The zero-order chi connectivity index (χ0) is 18.4. The highest BCUT2D eigenvalue weighted by molar-refractivity contribution is 7.85. The van der Waals surface area contributed by atoms with Crippen LogP contribution in [0.2, 0.25) is 5.02 Å². The lowest BCUT2D eigenvalue weighted by Gasteiger charge is -2.23. The van der Waals surface area contributed by atoms with Gasteiger partial charge in [0.25, 0.3) is 10.1 Å². The number of rotatable bonds is 7. The molecule has 0 aliphatic rings. The zero-order valence-electron chi connectivity index (χ0n) is 14.3. The van der Waals surface area contributed by atoms with Gasteiger partial charge < -0.3 is 10.1 Å². The van der Waals surface area contributed by atoms with Crippen molar-refractivity contribution >= 4 is 27.8 Å². The van der Waals surface area contributed by atoms with Gasteiger partial charge in [0.1, 0.15) is 5.60 Å². The highest BCUT2D eigenvalue weighted by Crippen LogP contribution is 2.13. The number of ether oxygens (including phenoxy) is 1. The largest absolute Gasteiger partial charge is 0.444 e. The molecule has 0 fully saturated rings. The van der Waals surface area contributed by atoms with E-state index in [-0.39, 0.29) is 12.6 Å². The zero-order valence-corrected chi connectivity index (χ0v) is 15.9. The molecule has 0 radical (unpaired) electrons. The van der Waals surface area contributed by atoms with E-state index in [4.69, 9.17) is 20.5 Å². The Morgan fingerprint density at radius 2 is 1.83 bits per heavy atom. The van der Waals surface area contributed by atoms with Crippen LogP contribution in [0.5, 0.6) is 0 Å². The van der Waals surface area contributed by atoms with Crippen LogP contribution >= 0.6 is 11.6 Å². The second-order valence-corrected chi connectivity index (χ2v) is 8.57. The maximum absolute atomic E-state index is 12.0. The van der Waals surface area contributed by atoms with Crippen LogP contribution in [-0.2, 0) is 25.5 Å². The molecule has 1 unspecified atom stereocenters. The molecule has 1 rings (SSSR count). The molecule has 0 saturated carbocycles. The lowest BCUT2D eigenvalue weighted by molar-refractivity contribution is 0.0498. The van der Waals surface area contributed by atoms with Crippen LogP contribution in [0.3, 0.4) is 0 Å². The number of amides is 1. The molecule has 8 heteroatoms. The van der Waals surface area contributed by atoms with Crippen LogP contribution in [0, 0.1) is 0 Å². The molecule has 0 heterocycles. The summed E-state index contributed by atoms with van der Waals surface area (Å²) in [4.78, 5) is 12.0. The molecule has 0 bridgehead atoms. The van der Waals surface area contributed by atoms with Gasteiger partial charge in [-0.15, -0.1) is 0 Å². The molecular weight excluding hydrogens is 354 g/mol. The van der Waals surface area contributed by atoms with Crippen LogP contribution in [0.1, 0.15) is 32.8 Å². The Labute approximate surface area is 148 Å². The summed E-state index contributed by atoms with van der Waals surface area (Å²) in [5, 5.41) is 3.38. The number of carbonyl (C=O) groups excluding carboxylic acids is 1. The first-order valence-electron chi connectivity index (χ1n) is 7.53. The van der Waals surface area contributed by atoms with E-state index in [1.807, 2.05) is 12.1 Å². The number of nitrogens with one attached hydrogen (secondary N) is 1. The first-order chi connectivity index (χ1) is 10.9. The van der Waals surface area contributed by atoms with Crippen molar-refractivity contribution in [1.29, 1.82) is 0 Å². The van der Waals surface area contributed by atoms with E-state index < -0.39 is 21.8 Å². The smallest absolute Gasteiger partial charge is 0.407 e. The molecule has 24 heavy (non-hydrogen) atoms. The van der Waals surface area contributed by atoms with Crippen molar-refractivity contribution in [3.8, 4) is 0 Å². The number of carbonyl (C=O) groups is 1. The minimum absolute atomic E-state index is 0.0209. The fourth-order valence-electron chi connectivity index (χ4n) is 1.95. The summed E-state index contributed by atoms with van der Waals surface area (Å²) in [6, 6.07) is 6.89. The molecule has 1 aromatic carbocycles. The number of alkyl carbamates (subject to hydrolysis) is 1. The first kappa shape index (κ1) is 20.7. The van der Waals surface area contributed by atoms with Crippen molar-refractivity contribution in [1.82, 2.24) is 5.32 Å². The summed E-state index contributed by atoms with van der Waals surface area (Å²) in [7, 11) is -3.52. The predicted molar refractivity (Wildman–Crippen MR) is 93.7 cm³/mol.